The van der Waals surface area contributed by atoms with Crippen molar-refractivity contribution in [3.05, 3.63) is 17.0 Å². The third-order valence-corrected chi connectivity index (χ3v) is 5.51. The number of ether oxygens (including phenoxy) is 1. The highest BCUT2D eigenvalue weighted by Crippen LogP contribution is 2.22. The van der Waals surface area contributed by atoms with Gasteiger partial charge < -0.3 is 9.84 Å². The minimum absolute atomic E-state index is 0.132. The highest BCUT2D eigenvalue weighted by molar-refractivity contribution is 7.91. The van der Waals surface area contributed by atoms with E-state index in [9.17, 15) is 13.2 Å². The van der Waals surface area contributed by atoms with Gasteiger partial charge in [0.1, 0.15) is 4.21 Å². The number of hydrogen-bond acceptors (Lipinski definition) is 5. The first-order valence-corrected chi connectivity index (χ1v) is 7.97. The number of nitrogens with one attached hydrogen (secondary N) is 1. The Bertz CT molecular complexity index is 523. The lowest BCUT2D eigenvalue weighted by molar-refractivity contribution is -0.136. The molecule has 0 saturated heterocycles. The molecule has 1 aromatic heterocycles. The summed E-state index contributed by atoms with van der Waals surface area (Å²) in [4.78, 5) is 11.1. The van der Waals surface area contributed by atoms with Gasteiger partial charge in [-0.3, -0.25) is 4.79 Å². The van der Waals surface area contributed by atoms with Crippen LogP contribution in [0.25, 0.3) is 0 Å². The number of sulfonamides is 1. The average Bonchev–Trinajstić information content (AvgIpc) is 2.74. The molecule has 1 unspecified atom stereocenters. The van der Waals surface area contributed by atoms with Gasteiger partial charge in [-0.1, -0.05) is 0 Å². The molecule has 108 valence electrons. The zero-order valence-corrected chi connectivity index (χ0v) is 12.4. The molecular weight excluding hydrogens is 290 g/mol. The Kier molecular flexibility index (Phi) is 5.92. The molecule has 1 heterocycles. The quantitative estimate of drug-likeness (QED) is 0.749. The van der Waals surface area contributed by atoms with Crippen LogP contribution in [0.15, 0.2) is 16.3 Å². The van der Waals surface area contributed by atoms with E-state index in [1.54, 1.807) is 14.0 Å². The zero-order chi connectivity index (χ0) is 14.5. The van der Waals surface area contributed by atoms with Crippen LogP contribution in [0.1, 0.15) is 18.2 Å². The molecule has 0 aliphatic rings. The maximum Gasteiger partial charge on any atom is 0.308 e. The lowest BCUT2D eigenvalue weighted by Crippen LogP contribution is -2.32. The highest BCUT2D eigenvalue weighted by atomic mass is 32.2. The largest absolute Gasteiger partial charge is 0.481 e. The van der Waals surface area contributed by atoms with Gasteiger partial charge in [-0.25, -0.2) is 13.1 Å². The molecule has 1 atom stereocenters. The fraction of sp³-hybridized carbons (Fsp3) is 0.545. The molecule has 0 aromatic carbocycles. The molecule has 19 heavy (non-hydrogen) atoms. The fourth-order valence-corrected chi connectivity index (χ4v) is 4.06. The topological polar surface area (TPSA) is 92.7 Å². The van der Waals surface area contributed by atoms with Crippen molar-refractivity contribution in [3.8, 4) is 0 Å². The molecule has 0 aliphatic heterocycles. The SMILES string of the molecule is COCCC(C)NS(=O)(=O)c1ccc(CC(=O)O)s1. The van der Waals surface area contributed by atoms with Crippen LogP contribution in [-0.2, 0) is 26.0 Å². The van der Waals surface area contributed by atoms with Crippen molar-refractivity contribution in [1.29, 1.82) is 0 Å². The molecule has 0 fully saturated rings. The van der Waals surface area contributed by atoms with E-state index in [1.807, 2.05) is 0 Å². The molecule has 0 bridgehead atoms. The Labute approximate surface area is 116 Å². The van der Waals surface area contributed by atoms with Crippen molar-refractivity contribution in [2.45, 2.75) is 30.0 Å². The van der Waals surface area contributed by atoms with E-state index in [1.165, 1.54) is 12.1 Å². The molecule has 0 saturated carbocycles. The van der Waals surface area contributed by atoms with E-state index in [-0.39, 0.29) is 16.7 Å². The van der Waals surface area contributed by atoms with Crippen molar-refractivity contribution in [1.82, 2.24) is 4.72 Å². The smallest absolute Gasteiger partial charge is 0.308 e. The van der Waals surface area contributed by atoms with E-state index in [2.05, 4.69) is 4.72 Å². The molecular formula is C11H17NO5S2. The zero-order valence-electron chi connectivity index (χ0n) is 10.8. The van der Waals surface area contributed by atoms with E-state index >= 15 is 0 Å². The van der Waals surface area contributed by atoms with Crippen molar-refractivity contribution >= 4 is 27.3 Å². The van der Waals surface area contributed by atoms with Gasteiger partial charge in [0, 0.05) is 24.6 Å². The number of carboxylic acid groups (broad SMARTS) is 1. The summed E-state index contributed by atoms with van der Waals surface area (Å²) >= 11 is 0.971. The van der Waals surface area contributed by atoms with E-state index in [4.69, 9.17) is 9.84 Å². The molecule has 0 amide bonds. The summed E-state index contributed by atoms with van der Waals surface area (Å²) in [6.07, 6.45) is 0.405. The van der Waals surface area contributed by atoms with E-state index < -0.39 is 16.0 Å². The Morgan fingerprint density at radius 3 is 2.79 bits per heavy atom. The maximum atomic E-state index is 12.0. The maximum absolute atomic E-state index is 12.0. The molecule has 0 radical (unpaired) electrons. The van der Waals surface area contributed by atoms with Crippen molar-refractivity contribution < 1.29 is 23.1 Å². The van der Waals surface area contributed by atoms with Gasteiger partial charge in [-0.05, 0) is 25.5 Å². The van der Waals surface area contributed by atoms with Gasteiger partial charge in [0.2, 0.25) is 10.0 Å². The Morgan fingerprint density at radius 2 is 2.21 bits per heavy atom. The van der Waals surface area contributed by atoms with Gasteiger partial charge in [-0.2, -0.15) is 0 Å². The van der Waals surface area contributed by atoms with Crippen LogP contribution in [-0.4, -0.2) is 39.3 Å². The summed E-state index contributed by atoms with van der Waals surface area (Å²) in [7, 11) is -2.03. The summed E-state index contributed by atoms with van der Waals surface area (Å²) in [6.45, 7) is 2.22. The number of carbonyl (C=O) groups is 1. The van der Waals surface area contributed by atoms with Gasteiger partial charge in [0.05, 0.1) is 6.42 Å². The molecule has 6 nitrogen and oxygen atoms in total. The number of carboxylic acids is 1. The minimum atomic E-state index is -3.58. The van der Waals surface area contributed by atoms with E-state index in [0.29, 0.717) is 17.9 Å². The molecule has 0 spiro atoms. The molecule has 0 aliphatic carbocycles. The number of rotatable bonds is 8. The Hall–Kier alpha value is -0.960. The van der Waals surface area contributed by atoms with Crippen molar-refractivity contribution in [3.63, 3.8) is 0 Å². The Balaban J connectivity index is 2.71. The highest BCUT2D eigenvalue weighted by Gasteiger charge is 2.19. The predicted molar refractivity (Wildman–Crippen MR) is 71.9 cm³/mol. The van der Waals surface area contributed by atoms with Crippen molar-refractivity contribution in [2.75, 3.05) is 13.7 Å². The third-order valence-electron chi connectivity index (χ3n) is 2.34. The standard InChI is InChI=1S/C11H17NO5S2/c1-8(5-6-17-2)12-19(15,16)11-4-3-9(18-11)7-10(13)14/h3-4,8,12H,5-7H2,1-2H3,(H,13,14). The van der Waals surface area contributed by atoms with Crippen LogP contribution in [0.4, 0.5) is 0 Å². The third kappa shape index (κ3) is 5.27. The van der Waals surface area contributed by atoms with E-state index in [0.717, 1.165) is 11.3 Å². The minimum Gasteiger partial charge on any atom is -0.481 e. The van der Waals surface area contributed by atoms with Crippen molar-refractivity contribution in [2.24, 2.45) is 0 Å². The van der Waals surface area contributed by atoms with Crippen LogP contribution < -0.4 is 4.72 Å². The first-order valence-electron chi connectivity index (χ1n) is 5.67. The van der Waals surface area contributed by atoms with Gasteiger partial charge in [0.15, 0.2) is 0 Å². The first-order chi connectivity index (χ1) is 8.85. The molecule has 1 aromatic rings. The molecule has 2 N–H and O–H groups in total. The molecule has 8 heteroatoms. The number of aliphatic carboxylic acids is 1. The monoisotopic (exact) mass is 307 g/mol. The lowest BCUT2D eigenvalue weighted by Gasteiger charge is -2.12. The number of methoxy groups -OCH3 is 1. The summed E-state index contributed by atoms with van der Waals surface area (Å²) in [5.41, 5.74) is 0. The first kappa shape index (κ1) is 16.1. The van der Waals surface area contributed by atoms with Crippen LogP contribution >= 0.6 is 11.3 Å². The summed E-state index contributed by atoms with van der Waals surface area (Å²) in [5.74, 6) is -0.979. The second kappa shape index (κ2) is 6.99. The molecule has 1 rings (SSSR count). The van der Waals surface area contributed by atoms with Crippen LogP contribution in [0.5, 0.6) is 0 Å². The Morgan fingerprint density at radius 1 is 1.53 bits per heavy atom. The second-order valence-corrected chi connectivity index (χ2v) is 7.20. The van der Waals surface area contributed by atoms with Crippen LogP contribution in [0.3, 0.4) is 0 Å². The summed E-state index contributed by atoms with van der Waals surface area (Å²) in [6, 6.07) is 2.71. The second-order valence-electron chi connectivity index (χ2n) is 4.10. The summed E-state index contributed by atoms with van der Waals surface area (Å²) < 4.78 is 31.6. The van der Waals surface area contributed by atoms with Gasteiger partial charge in [0.25, 0.3) is 0 Å². The average molecular weight is 307 g/mol. The lowest BCUT2D eigenvalue weighted by atomic mass is 10.3. The van der Waals surface area contributed by atoms with Gasteiger partial charge >= 0.3 is 5.97 Å². The summed E-state index contributed by atoms with van der Waals surface area (Å²) in [5, 5.41) is 8.65. The van der Waals surface area contributed by atoms with Crippen LogP contribution in [0.2, 0.25) is 0 Å². The van der Waals surface area contributed by atoms with Gasteiger partial charge in [-0.15, -0.1) is 11.3 Å². The number of thiophene rings is 1. The normalized spacial score (nSPS) is 13.4. The van der Waals surface area contributed by atoms with Crippen LogP contribution in [0, 0.1) is 0 Å². The predicted octanol–water partition coefficient (Wildman–Crippen LogP) is 1.08. The number of hydrogen-bond donors (Lipinski definition) is 2. The fourth-order valence-electron chi connectivity index (χ4n) is 1.42.